The molecule has 2 saturated heterocycles. The summed E-state index contributed by atoms with van der Waals surface area (Å²) >= 11 is 0. The zero-order valence-corrected chi connectivity index (χ0v) is 9.81. The fourth-order valence-electron chi connectivity index (χ4n) is 2.05. The molecule has 2 aliphatic rings. The molecule has 0 aliphatic carbocycles. The summed E-state index contributed by atoms with van der Waals surface area (Å²) in [5.74, 6) is 1.85. The van der Waals surface area contributed by atoms with E-state index in [-0.39, 0.29) is 0 Å². The molecule has 0 spiro atoms. The van der Waals surface area contributed by atoms with E-state index < -0.39 is 0 Å². The van der Waals surface area contributed by atoms with Gasteiger partial charge in [0.15, 0.2) is 0 Å². The minimum absolute atomic E-state index is 0.925. The Kier molecular flexibility index (Phi) is 6.20. The van der Waals surface area contributed by atoms with Gasteiger partial charge in [-0.25, -0.2) is 0 Å². The van der Waals surface area contributed by atoms with Crippen molar-refractivity contribution in [3.05, 3.63) is 0 Å². The maximum Gasteiger partial charge on any atom is -0.00231 e. The van der Waals surface area contributed by atoms with Crippen LogP contribution in [0.3, 0.4) is 0 Å². The van der Waals surface area contributed by atoms with E-state index in [9.17, 15) is 0 Å². The molecule has 2 nitrogen and oxygen atoms in total. The first-order chi connectivity index (χ1) is 6.79. The highest BCUT2D eigenvalue weighted by Gasteiger charge is 2.05. The lowest BCUT2D eigenvalue weighted by molar-refractivity contribution is 0.405. The van der Waals surface area contributed by atoms with Gasteiger partial charge in [0.05, 0.1) is 0 Å². The third-order valence-electron chi connectivity index (χ3n) is 3.09. The standard InChI is InChI=1S/2C6H13N/c2*1-6-3-2-4-7-5-6/h2*6-7H,2-5H2,1H3. The predicted molar refractivity (Wildman–Crippen MR) is 62.5 cm³/mol. The topological polar surface area (TPSA) is 24.1 Å². The van der Waals surface area contributed by atoms with E-state index in [1.54, 1.807) is 0 Å². The predicted octanol–water partition coefficient (Wildman–Crippen LogP) is 2.01. The molecule has 0 bridgehead atoms. The average molecular weight is 198 g/mol. The lowest BCUT2D eigenvalue weighted by Crippen LogP contribution is -2.27. The molecule has 2 N–H and O–H groups in total. The van der Waals surface area contributed by atoms with Crippen LogP contribution in [0.15, 0.2) is 0 Å². The van der Waals surface area contributed by atoms with Crippen LogP contribution in [-0.2, 0) is 0 Å². The SMILES string of the molecule is CC1CCCNC1.CC1CCCNC1. The lowest BCUT2D eigenvalue weighted by Gasteiger charge is -2.17. The molecule has 14 heavy (non-hydrogen) atoms. The second-order valence-electron chi connectivity index (χ2n) is 4.90. The Morgan fingerprint density at radius 2 is 1.21 bits per heavy atom. The quantitative estimate of drug-likeness (QED) is 0.622. The van der Waals surface area contributed by atoms with Crippen molar-refractivity contribution in [2.75, 3.05) is 26.2 Å². The van der Waals surface area contributed by atoms with E-state index in [0.29, 0.717) is 0 Å². The molecule has 2 fully saturated rings. The Morgan fingerprint density at radius 3 is 1.36 bits per heavy atom. The smallest absolute Gasteiger partial charge is 0.00231 e. The summed E-state index contributed by atoms with van der Waals surface area (Å²) in [5, 5.41) is 6.67. The minimum atomic E-state index is 0.925. The van der Waals surface area contributed by atoms with Gasteiger partial charge in [-0.3, -0.25) is 0 Å². The molecule has 0 saturated carbocycles. The van der Waals surface area contributed by atoms with Gasteiger partial charge in [0.25, 0.3) is 0 Å². The molecule has 0 radical (unpaired) electrons. The second-order valence-corrected chi connectivity index (χ2v) is 4.90. The van der Waals surface area contributed by atoms with Gasteiger partial charge in [0, 0.05) is 0 Å². The van der Waals surface area contributed by atoms with Crippen molar-refractivity contribution >= 4 is 0 Å². The highest BCUT2D eigenvalue weighted by Crippen LogP contribution is 2.07. The van der Waals surface area contributed by atoms with Crippen molar-refractivity contribution in [1.82, 2.24) is 10.6 Å². The first-order valence-electron chi connectivity index (χ1n) is 6.20. The van der Waals surface area contributed by atoms with Crippen LogP contribution < -0.4 is 10.6 Å². The lowest BCUT2D eigenvalue weighted by atomic mass is 10.0. The van der Waals surface area contributed by atoms with Crippen molar-refractivity contribution in [1.29, 1.82) is 0 Å². The molecule has 0 aromatic heterocycles. The first kappa shape index (κ1) is 12.0. The molecular weight excluding hydrogens is 172 g/mol. The summed E-state index contributed by atoms with van der Waals surface area (Å²) in [5.41, 5.74) is 0. The van der Waals surface area contributed by atoms with Crippen LogP contribution in [0.2, 0.25) is 0 Å². The first-order valence-corrected chi connectivity index (χ1v) is 6.20. The molecule has 2 unspecified atom stereocenters. The largest absolute Gasteiger partial charge is 0.316 e. The van der Waals surface area contributed by atoms with Crippen molar-refractivity contribution in [2.24, 2.45) is 11.8 Å². The van der Waals surface area contributed by atoms with Gasteiger partial charge < -0.3 is 10.6 Å². The van der Waals surface area contributed by atoms with Crippen molar-refractivity contribution in [2.45, 2.75) is 39.5 Å². The summed E-state index contributed by atoms with van der Waals surface area (Å²) in [4.78, 5) is 0. The molecule has 2 heterocycles. The average Bonchev–Trinajstić information content (AvgIpc) is 2.21. The third-order valence-corrected chi connectivity index (χ3v) is 3.09. The van der Waals surface area contributed by atoms with Gasteiger partial charge in [-0.1, -0.05) is 13.8 Å². The van der Waals surface area contributed by atoms with Gasteiger partial charge in [0.1, 0.15) is 0 Å². The molecular formula is C12H26N2. The molecule has 2 heteroatoms. The van der Waals surface area contributed by atoms with Crippen LogP contribution in [0, 0.1) is 11.8 Å². The van der Waals surface area contributed by atoms with Crippen molar-refractivity contribution in [3.8, 4) is 0 Å². The summed E-state index contributed by atoms with van der Waals surface area (Å²) in [6.45, 7) is 9.55. The molecule has 0 amide bonds. The Balaban J connectivity index is 0.000000140. The maximum absolute atomic E-state index is 3.33. The van der Waals surface area contributed by atoms with E-state index in [4.69, 9.17) is 0 Å². The highest BCUT2D eigenvalue weighted by atomic mass is 14.9. The molecule has 0 aromatic carbocycles. The molecule has 84 valence electrons. The molecule has 0 aromatic rings. The van der Waals surface area contributed by atoms with Gasteiger partial charge >= 0.3 is 0 Å². The second kappa shape index (κ2) is 7.24. The van der Waals surface area contributed by atoms with Gasteiger partial charge in [-0.2, -0.15) is 0 Å². The third kappa shape index (κ3) is 5.61. The Hall–Kier alpha value is -0.0800. The monoisotopic (exact) mass is 198 g/mol. The zero-order valence-electron chi connectivity index (χ0n) is 9.81. The van der Waals surface area contributed by atoms with Gasteiger partial charge in [-0.05, 0) is 63.7 Å². The van der Waals surface area contributed by atoms with Crippen LogP contribution in [-0.4, -0.2) is 26.2 Å². The minimum Gasteiger partial charge on any atom is -0.316 e. The normalized spacial score (nSPS) is 33.0. The van der Waals surface area contributed by atoms with E-state index >= 15 is 0 Å². The number of piperidine rings is 2. The van der Waals surface area contributed by atoms with Gasteiger partial charge in [0.2, 0.25) is 0 Å². The zero-order chi connectivity index (χ0) is 10.2. The molecule has 2 rings (SSSR count). The van der Waals surface area contributed by atoms with E-state index in [1.807, 2.05) is 0 Å². The summed E-state index contributed by atoms with van der Waals surface area (Å²) in [6.07, 6.45) is 5.60. The van der Waals surface area contributed by atoms with Crippen LogP contribution in [0.5, 0.6) is 0 Å². The van der Waals surface area contributed by atoms with Crippen LogP contribution in [0.4, 0.5) is 0 Å². The van der Waals surface area contributed by atoms with Crippen LogP contribution >= 0.6 is 0 Å². The van der Waals surface area contributed by atoms with E-state index in [2.05, 4.69) is 24.5 Å². The summed E-state index contributed by atoms with van der Waals surface area (Å²) in [6, 6.07) is 0. The van der Waals surface area contributed by atoms with Crippen LogP contribution in [0.1, 0.15) is 39.5 Å². The van der Waals surface area contributed by atoms with Crippen LogP contribution in [0.25, 0.3) is 0 Å². The number of hydrogen-bond donors (Lipinski definition) is 2. The van der Waals surface area contributed by atoms with E-state index in [1.165, 1.54) is 51.9 Å². The van der Waals surface area contributed by atoms with Crippen molar-refractivity contribution < 1.29 is 0 Å². The Morgan fingerprint density at radius 1 is 0.786 bits per heavy atom. The maximum atomic E-state index is 3.33. The summed E-state index contributed by atoms with van der Waals surface area (Å²) < 4.78 is 0. The van der Waals surface area contributed by atoms with Gasteiger partial charge in [-0.15, -0.1) is 0 Å². The molecule has 2 aliphatic heterocycles. The number of rotatable bonds is 0. The Labute approximate surface area is 88.8 Å². The fraction of sp³-hybridized carbons (Fsp3) is 1.00. The molecule has 2 atom stereocenters. The van der Waals surface area contributed by atoms with E-state index in [0.717, 1.165) is 11.8 Å². The Bertz CT molecular complexity index is 108. The number of hydrogen-bond acceptors (Lipinski definition) is 2. The summed E-state index contributed by atoms with van der Waals surface area (Å²) in [7, 11) is 0. The fourth-order valence-corrected chi connectivity index (χ4v) is 2.05. The van der Waals surface area contributed by atoms with Crippen molar-refractivity contribution in [3.63, 3.8) is 0 Å². The highest BCUT2D eigenvalue weighted by molar-refractivity contribution is 4.63. The number of nitrogens with one attached hydrogen (secondary N) is 2.